The molecule has 0 aliphatic carbocycles. The Morgan fingerprint density at radius 3 is 0.891 bits per heavy atom. The number of fused-ring (bicyclic) bond motifs is 2. The fourth-order valence-electron chi connectivity index (χ4n) is 13.3. The molecule has 15 heteroatoms. The summed E-state index contributed by atoms with van der Waals surface area (Å²) in [5.41, 5.74) is 13.6. The topological polar surface area (TPSA) is 193 Å². The Kier molecular flexibility index (Phi) is 23.2. The van der Waals surface area contributed by atoms with Gasteiger partial charge in [-0.1, -0.05) is 420 Å². The molecule has 0 aliphatic rings. The van der Waals surface area contributed by atoms with Crippen molar-refractivity contribution in [2.75, 3.05) is 0 Å². The summed E-state index contributed by atoms with van der Waals surface area (Å²) in [6.45, 7) is 33.5. The van der Waals surface area contributed by atoms with E-state index < -0.39 is 6.85 Å². The van der Waals surface area contributed by atoms with E-state index in [-0.39, 0.29) is 142 Å². The molecule has 644 valence electrons. The van der Waals surface area contributed by atoms with Crippen LogP contribution in [0.2, 0.25) is 0 Å². The van der Waals surface area contributed by atoms with Gasteiger partial charge in [-0.25, -0.2) is 74.8 Å². The summed E-state index contributed by atoms with van der Waals surface area (Å²) >= 11 is 0. The van der Waals surface area contributed by atoms with Gasteiger partial charge in [0.05, 0.1) is 16.4 Å². The van der Waals surface area contributed by atoms with Crippen molar-refractivity contribution in [1.82, 2.24) is 74.8 Å². The Morgan fingerprint density at radius 1 is 0.217 bits per heavy atom. The average Bonchev–Trinajstić information content (AvgIpc) is 0.780. The lowest BCUT2D eigenvalue weighted by Crippen LogP contribution is -2.10. The maximum absolute atomic E-state index is 8.42. The smallest absolute Gasteiger partial charge is 0.164 e. The maximum Gasteiger partial charge on any atom is 0.164 e. The minimum atomic E-state index is -2.12. The van der Waals surface area contributed by atoms with E-state index in [1.54, 1.807) is 45.0 Å². The van der Waals surface area contributed by atoms with Gasteiger partial charge in [0.15, 0.2) is 58.2 Å². The summed E-state index contributed by atoms with van der Waals surface area (Å²) in [6, 6.07) is 76.0. The van der Waals surface area contributed by atoms with Gasteiger partial charge in [0.2, 0.25) is 0 Å². The first kappa shape index (κ1) is 72.6. The third kappa shape index (κ3) is 23.6. The molecule has 5 aromatic heterocycles. The molecule has 0 saturated carbocycles. The van der Waals surface area contributed by atoms with E-state index in [1.165, 1.54) is 16.7 Å². The van der Waals surface area contributed by atoms with Gasteiger partial charge in [-0.05, 0) is 97.3 Å². The van der Waals surface area contributed by atoms with Gasteiger partial charge >= 0.3 is 0 Å². The monoisotopic (exact) mass is 1710 g/mol. The highest BCUT2D eigenvalue weighted by molar-refractivity contribution is 5.95. The number of hydrogen-bond donors (Lipinski definition) is 0. The summed E-state index contributed by atoms with van der Waals surface area (Å²) in [7, 11) is 0. The van der Waals surface area contributed by atoms with E-state index in [1.807, 2.05) is 226 Å². The predicted octanol–water partition coefficient (Wildman–Crippen LogP) is 28.8. The lowest BCUT2D eigenvalue weighted by molar-refractivity contribution is 0.590. The third-order valence-electron chi connectivity index (χ3n) is 20.8. The van der Waals surface area contributed by atoms with Crippen LogP contribution in [0.25, 0.3) is 147 Å². The van der Waals surface area contributed by atoms with E-state index in [4.69, 9.17) is 35.5 Å². The zero-order valence-corrected chi connectivity index (χ0v) is 76.1. The highest BCUT2D eigenvalue weighted by Gasteiger charge is 2.22. The number of nitrogens with zero attached hydrogens (tertiary/aromatic N) is 15. The van der Waals surface area contributed by atoms with Crippen LogP contribution in [0.5, 0.6) is 0 Å². The number of hydrogen-bond acceptors (Lipinski definition) is 15. The van der Waals surface area contributed by atoms with E-state index >= 15 is 0 Å². The molecule has 13 aromatic carbocycles. The Hall–Kier alpha value is -14.6. The lowest BCUT2D eigenvalue weighted by atomic mass is 9.87. The molecule has 0 atom stereocenters. The molecule has 0 radical (unpaired) electrons. The van der Waals surface area contributed by atoms with Gasteiger partial charge in [-0.15, -0.1) is 0 Å². The first-order chi connectivity index (χ1) is 68.3. The summed E-state index contributed by atoms with van der Waals surface area (Å²) in [6.07, 6.45) is 0. The Morgan fingerprint density at radius 2 is 0.504 bits per heavy atom. The Bertz CT molecular complexity index is 7520. The number of rotatable bonds is 16. The van der Waals surface area contributed by atoms with E-state index in [0.717, 1.165) is 89.1 Å². The molecule has 18 rings (SSSR count). The van der Waals surface area contributed by atoms with Gasteiger partial charge in [-0.3, -0.25) is 0 Å². The Balaban J connectivity index is 0.000000143. The molecule has 0 N–H and O–H groups in total. The largest absolute Gasteiger partial charge is 0.213 e. The van der Waals surface area contributed by atoms with Crippen molar-refractivity contribution in [2.24, 2.45) is 0 Å². The zero-order valence-electron chi connectivity index (χ0n) is 91.1. The molecular weight excluding hydrogens is 1580 g/mol. The summed E-state index contributed by atoms with van der Waals surface area (Å²) in [5.74, 6) is 8.02. The van der Waals surface area contributed by atoms with Gasteiger partial charge in [0.25, 0.3) is 0 Å². The van der Waals surface area contributed by atoms with Gasteiger partial charge < -0.3 is 0 Å². The van der Waals surface area contributed by atoms with Gasteiger partial charge in [-0.2, -0.15) is 0 Å². The van der Waals surface area contributed by atoms with Crippen molar-refractivity contribution >= 4 is 21.5 Å². The fourth-order valence-corrected chi connectivity index (χ4v) is 13.3. The van der Waals surface area contributed by atoms with Crippen molar-refractivity contribution in [2.45, 2.75) is 166 Å². The van der Waals surface area contributed by atoms with Gasteiger partial charge in [0.1, 0.15) is 29.1 Å². The maximum atomic E-state index is 8.42. The zero-order chi connectivity index (χ0) is 104. The molecule has 15 nitrogen and oxygen atoms in total. The van der Waals surface area contributed by atoms with Crippen LogP contribution in [0, 0.1) is 41.5 Å². The predicted molar refractivity (Wildman–Crippen MR) is 532 cm³/mol. The summed E-state index contributed by atoms with van der Waals surface area (Å²) < 4.78 is 122. The van der Waals surface area contributed by atoms with Crippen LogP contribution < -0.4 is 0 Å². The average molecular weight is 1710 g/mol. The second-order valence-electron chi connectivity index (χ2n) is 34.1. The van der Waals surface area contributed by atoms with E-state index in [2.05, 4.69) is 150 Å². The van der Waals surface area contributed by atoms with Crippen LogP contribution in [0.1, 0.15) is 208 Å². The van der Waals surface area contributed by atoms with E-state index in [0.29, 0.717) is 74.7 Å². The molecule has 0 saturated heterocycles. The van der Waals surface area contributed by atoms with E-state index in [9.17, 15) is 0 Å². The van der Waals surface area contributed by atoms with Crippen molar-refractivity contribution < 1.29 is 20.6 Å². The SMILES string of the molecule is Cc1ccc(-c2nc(-c3ccc(C(C)(C)C)cc3)nc(C(C)C)n2)cc1.[2H]C([2H])([2H])c1ccc(-c2nc(-c3ccc(C)cc3)nc(C(C)C)n2)cc1.[2H]c1c([2H])c(-c2nc(-c3ccc4ccccc4c3)nc(C(C)C)n2)c([2H])c([2H])c1C.[2H]c1c([2H])c(-c2nc(-c3cccc(-c4ccccc4)c3)nc(C(C)C)n2)c([2H])c([2H])c1C.[2H]c1c([2H])c(-c2nc(-c3cccc4ccccc34)nc(C(C)C)n2)c([2H])c([2H])c1C. The number of aromatic nitrogens is 15. The molecular formula is C114H113N15. The van der Waals surface area contributed by atoms with Crippen LogP contribution in [-0.2, 0) is 5.41 Å². The molecule has 18 aromatic rings. The molecule has 0 spiro atoms. The number of benzene rings is 13. The summed E-state index contributed by atoms with van der Waals surface area (Å²) in [5, 5.41) is 4.22. The highest BCUT2D eigenvalue weighted by atomic mass is 15.1. The standard InChI is InChI=1S/C25H23N3.2C23H21N3.C23H27N3.C20H21N3/c1-17(2)23-26-24(20-14-12-18(3)13-15-20)28-25(27-23)22-11-7-10-21(16-22)19-8-5-4-6-9-19;1-15(2)21-24-22(18-13-11-16(3)12-14-18)26-23(25-21)20-10-6-8-17-7-4-5-9-19(17)20;1-15(2)21-24-22(18-10-8-16(3)9-11-18)26-23(25-21)20-13-12-17-6-4-5-7-19(17)14-20;1-15(2)20-24-21(17-9-7-16(3)8-10-17)26-22(25-20)18-11-13-19(14-12-18)23(4,5)6;1-13(2)18-21-19(16-9-5-14(3)6-10-16)23-20(22-18)17-11-7-15(4)8-12-17/h4-17H,1-3H3;2*4-15H,1-3H3;7-15H,1-6H3;5-13H,1-4H3/i12D,13D,14D,15D;11D,12D,13D,14D;8D,9D,10D,11D;;3D3. The molecule has 0 bridgehead atoms. The third-order valence-corrected chi connectivity index (χ3v) is 20.8. The lowest BCUT2D eigenvalue weighted by Gasteiger charge is -2.19. The minimum Gasteiger partial charge on any atom is -0.213 e. The van der Waals surface area contributed by atoms with Crippen LogP contribution in [0.3, 0.4) is 0 Å². The first-order valence-electron chi connectivity index (χ1n) is 50.8. The molecule has 0 aliphatic heterocycles. The normalized spacial score (nSPS) is 13.0. The van der Waals surface area contributed by atoms with Crippen LogP contribution >= 0.6 is 0 Å². The van der Waals surface area contributed by atoms with Crippen LogP contribution in [0.15, 0.2) is 309 Å². The quantitative estimate of drug-likeness (QED) is 0.0886. The Labute approximate surface area is 781 Å². The van der Waals surface area contributed by atoms with Crippen LogP contribution in [-0.4, -0.2) is 74.8 Å². The highest BCUT2D eigenvalue weighted by Crippen LogP contribution is 2.35. The van der Waals surface area contributed by atoms with Crippen molar-refractivity contribution in [3.8, 4) is 125 Å². The second-order valence-corrected chi connectivity index (χ2v) is 34.1. The van der Waals surface area contributed by atoms with Crippen molar-refractivity contribution in [1.29, 1.82) is 0 Å². The molecule has 0 unspecified atom stereocenters. The van der Waals surface area contributed by atoms with Crippen molar-refractivity contribution in [3.05, 3.63) is 377 Å². The second kappa shape index (κ2) is 41.3. The molecule has 129 heavy (non-hydrogen) atoms. The minimum absolute atomic E-state index is 0.000219. The van der Waals surface area contributed by atoms with Crippen molar-refractivity contribution in [3.63, 3.8) is 0 Å². The molecule has 0 amide bonds. The summed E-state index contributed by atoms with van der Waals surface area (Å²) in [4.78, 5) is 69.2. The molecule has 5 heterocycles. The number of aryl methyl sites for hydroxylation is 3. The van der Waals surface area contributed by atoms with Gasteiger partial charge in [0, 0.05) is 89.3 Å². The molecule has 0 fully saturated rings. The fraction of sp³-hybridized carbons (Fsp3) is 0.219. The first-order valence-corrected chi connectivity index (χ1v) is 43.3. The van der Waals surface area contributed by atoms with Crippen LogP contribution in [0.4, 0.5) is 0 Å².